The second-order valence-electron chi connectivity index (χ2n) is 5.86. The highest BCUT2D eigenvalue weighted by atomic mass is 15.2. The van der Waals surface area contributed by atoms with Crippen LogP contribution in [0.4, 0.5) is 5.82 Å². The number of aromatic nitrogens is 2. The molecule has 90 valence electrons. The summed E-state index contributed by atoms with van der Waals surface area (Å²) in [6.45, 7) is 8.73. The van der Waals surface area contributed by atoms with Gasteiger partial charge in [0.05, 0.1) is 5.69 Å². The average molecular weight is 221 g/mol. The lowest BCUT2D eigenvalue weighted by Gasteiger charge is -2.16. The van der Waals surface area contributed by atoms with E-state index in [1.165, 1.54) is 18.7 Å². The van der Waals surface area contributed by atoms with Gasteiger partial charge < -0.3 is 10.3 Å². The molecular weight excluding hydrogens is 198 g/mol. The molecule has 0 spiro atoms. The Morgan fingerprint density at radius 3 is 2.44 bits per heavy atom. The van der Waals surface area contributed by atoms with Crippen molar-refractivity contribution in [2.24, 2.45) is 0 Å². The number of imidazole rings is 1. The number of aryl methyl sites for hydroxylation is 1. The second kappa shape index (κ2) is 3.79. The van der Waals surface area contributed by atoms with Gasteiger partial charge in [-0.1, -0.05) is 27.7 Å². The van der Waals surface area contributed by atoms with Crippen molar-refractivity contribution < 1.29 is 0 Å². The van der Waals surface area contributed by atoms with Gasteiger partial charge in [0.1, 0.15) is 11.6 Å². The molecule has 1 heterocycles. The minimum absolute atomic E-state index is 0.0483. The fourth-order valence-corrected chi connectivity index (χ4v) is 2.19. The molecule has 2 rings (SSSR count). The summed E-state index contributed by atoms with van der Waals surface area (Å²) in [6, 6.07) is 0.630. The van der Waals surface area contributed by atoms with Crippen molar-refractivity contribution >= 4 is 5.82 Å². The Bertz CT molecular complexity index is 381. The van der Waals surface area contributed by atoms with E-state index in [-0.39, 0.29) is 5.41 Å². The lowest BCUT2D eigenvalue weighted by atomic mass is 9.92. The lowest BCUT2D eigenvalue weighted by Crippen LogP contribution is -2.15. The molecule has 2 N–H and O–H groups in total. The molecule has 0 saturated heterocycles. The largest absolute Gasteiger partial charge is 0.384 e. The van der Waals surface area contributed by atoms with Crippen LogP contribution in [0.15, 0.2) is 0 Å². The second-order valence-corrected chi connectivity index (χ2v) is 5.86. The zero-order valence-corrected chi connectivity index (χ0v) is 10.9. The number of nitrogens with zero attached hydrogens (tertiary/aromatic N) is 2. The van der Waals surface area contributed by atoms with Gasteiger partial charge in [0.25, 0.3) is 0 Å². The van der Waals surface area contributed by atoms with E-state index in [2.05, 4.69) is 32.3 Å². The summed E-state index contributed by atoms with van der Waals surface area (Å²) in [4.78, 5) is 4.77. The van der Waals surface area contributed by atoms with E-state index in [4.69, 9.17) is 10.7 Å². The monoisotopic (exact) mass is 221 g/mol. The van der Waals surface area contributed by atoms with Crippen LogP contribution in [-0.4, -0.2) is 9.55 Å². The normalized spacial score (nSPS) is 16.8. The van der Waals surface area contributed by atoms with Crippen molar-refractivity contribution in [3.63, 3.8) is 0 Å². The molecule has 1 aliphatic rings. The van der Waals surface area contributed by atoms with Crippen LogP contribution in [0.2, 0.25) is 0 Å². The molecule has 1 fully saturated rings. The summed E-state index contributed by atoms with van der Waals surface area (Å²) in [5, 5.41) is 0. The third-order valence-electron chi connectivity index (χ3n) is 3.12. The van der Waals surface area contributed by atoms with Crippen molar-refractivity contribution in [2.75, 3.05) is 5.73 Å². The van der Waals surface area contributed by atoms with Crippen LogP contribution in [0.5, 0.6) is 0 Å². The first-order valence-electron chi connectivity index (χ1n) is 6.32. The highest BCUT2D eigenvalue weighted by Crippen LogP contribution is 2.41. The molecule has 0 bridgehead atoms. The Labute approximate surface area is 98.1 Å². The Kier molecular flexibility index (Phi) is 2.72. The molecule has 0 aromatic carbocycles. The maximum atomic E-state index is 6.26. The summed E-state index contributed by atoms with van der Waals surface area (Å²) >= 11 is 0. The van der Waals surface area contributed by atoms with E-state index in [1.807, 2.05) is 0 Å². The predicted molar refractivity (Wildman–Crippen MR) is 67.6 cm³/mol. The van der Waals surface area contributed by atoms with Crippen LogP contribution in [0.25, 0.3) is 0 Å². The van der Waals surface area contributed by atoms with Gasteiger partial charge in [-0.3, -0.25) is 0 Å². The Morgan fingerprint density at radius 2 is 2.00 bits per heavy atom. The number of hydrogen-bond acceptors (Lipinski definition) is 2. The number of nitrogens with two attached hydrogens (primary N) is 1. The molecule has 0 radical (unpaired) electrons. The van der Waals surface area contributed by atoms with E-state index in [0.29, 0.717) is 6.04 Å². The van der Waals surface area contributed by atoms with E-state index in [1.54, 1.807) is 0 Å². The molecule has 1 saturated carbocycles. The molecule has 0 aliphatic heterocycles. The van der Waals surface area contributed by atoms with Crippen molar-refractivity contribution in [3.05, 3.63) is 11.5 Å². The standard InChI is InChI=1S/C13H23N3/c1-5-6-10-15-11(13(2,3)4)12(14)16(10)9-7-8-9/h9H,5-8,14H2,1-4H3. The van der Waals surface area contributed by atoms with E-state index in [9.17, 15) is 0 Å². The quantitative estimate of drug-likeness (QED) is 0.852. The molecule has 1 aliphatic carbocycles. The molecule has 16 heavy (non-hydrogen) atoms. The number of anilines is 1. The van der Waals surface area contributed by atoms with Crippen molar-refractivity contribution in [2.45, 2.75) is 64.8 Å². The number of hydrogen-bond donors (Lipinski definition) is 1. The highest BCUT2D eigenvalue weighted by Gasteiger charge is 2.32. The van der Waals surface area contributed by atoms with E-state index in [0.717, 1.165) is 24.4 Å². The molecule has 3 heteroatoms. The van der Waals surface area contributed by atoms with Gasteiger partial charge in [0, 0.05) is 17.9 Å². The summed E-state index contributed by atoms with van der Waals surface area (Å²) in [5.41, 5.74) is 7.38. The zero-order chi connectivity index (χ0) is 11.9. The van der Waals surface area contributed by atoms with Crippen molar-refractivity contribution in [3.8, 4) is 0 Å². The Hall–Kier alpha value is -0.990. The first-order valence-corrected chi connectivity index (χ1v) is 6.32. The fraction of sp³-hybridized carbons (Fsp3) is 0.769. The number of nitrogen functional groups attached to an aromatic ring is 1. The van der Waals surface area contributed by atoms with Crippen molar-refractivity contribution in [1.29, 1.82) is 0 Å². The molecule has 0 unspecified atom stereocenters. The van der Waals surface area contributed by atoms with Gasteiger partial charge in [-0.25, -0.2) is 4.98 Å². The topological polar surface area (TPSA) is 43.8 Å². The van der Waals surface area contributed by atoms with Gasteiger partial charge in [0.15, 0.2) is 0 Å². The third kappa shape index (κ3) is 1.95. The number of rotatable bonds is 3. The van der Waals surface area contributed by atoms with Crippen LogP contribution in [-0.2, 0) is 11.8 Å². The van der Waals surface area contributed by atoms with Crippen LogP contribution in [0.3, 0.4) is 0 Å². The zero-order valence-electron chi connectivity index (χ0n) is 10.9. The molecule has 3 nitrogen and oxygen atoms in total. The Balaban J connectivity index is 2.44. The first-order chi connectivity index (χ1) is 7.45. The van der Waals surface area contributed by atoms with Gasteiger partial charge in [-0.05, 0) is 19.3 Å². The Morgan fingerprint density at radius 1 is 1.38 bits per heavy atom. The first kappa shape index (κ1) is 11.5. The highest BCUT2D eigenvalue weighted by molar-refractivity contribution is 5.43. The van der Waals surface area contributed by atoms with Gasteiger partial charge >= 0.3 is 0 Å². The van der Waals surface area contributed by atoms with Crippen LogP contribution >= 0.6 is 0 Å². The van der Waals surface area contributed by atoms with Gasteiger partial charge in [-0.2, -0.15) is 0 Å². The van der Waals surface area contributed by atoms with Crippen molar-refractivity contribution in [1.82, 2.24) is 9.55 Å². The van der Waals surface area contributed by atoms with Crippen LogP contribution in [0, 0.1) is 0 Å². The summed E-state index contributed by atoms with van der Waals surface area (Å²) in [5.74, 6) is 2.09. The SMILES string of the molecule is CCCc1nc(C(C)(C)C)c(N)n1C1CC1. The van der Waals surface area contributed by atoms with E-state index >= 15 is 0 Å². The molecule has 0 atom stereocenters. The maximum absolute atomic E-state index is 6.26. The van der Waals surface area contributed by atoms with Gasteiger partial charge in [0.2, 0.25) is 0 Å². The maximum Gasteiger partial charge on any atom is 0.127 e. The third-order valence-corrected chi connectivity index (χ3v) is 3.12. The molecule has 1 aromatic rings. The lowest BCUT2D eigenvalue weighted by molar-refractivity contribution is 0.572. The fourth-order valence-electron chi connectivity index (χ4n) is 2.19. The minimum Gasteiger partial charge on any atom is -0.384 e. The predicted octanol–water partition coefficient (Wildman–Crippen LogP) is 3.05. The summed E-state index contributed by atoms with van der Waals surface area (Å²) < 4.78 is 2.28. The summed E-state index contributed by atoms with van der Waals surface area (Å²) in [6.07, 6.45) is 4.70. The minimum atomic E-state index is 0.0483. The molecular formula is C13H23N3. The van der Waals surface area contributed by atoms with Crippen LogP contribution < -0.4 is 5.73 Å². The molecule has 0 amide bonds. The van der Waals surface area contributed by atoms with E-state index < -0.39 is 0 Å². The molecule has 1 aromatic heterocycles. The summed E-state index contributed by atoms with van der Waals surface area (Å²) in [7, 11) is 0. The average Bonchev–Trinajstić information content (AvgIpc) is 2.92. The van der Waals surface area contributed by atoms with Crippen LogP contribution in [0.1, 0.15) is 64.5 Å². The van der Waals surface area contributed by atoms with Gasteiger partial charge in [-0.15, -0.1) is 0 Å². The smallest absolute Gasteiger partial charge is 0.127 e.